The van der Waals surface area contributed by atoms with Gasteiger partial charge in [-0.15, -0.1) is 11.7 Å². The van der Waals surface area contributed by atoms with Crippen LogP contribution in [-0.2, 0) is 22.8 Å². The first kappa shape index (κ1) is 35.3. The average molecular weight is 673 g/mol. The Bertz CT molecular complexity index is 1670. The van der Waals surface area contributed by atoms with Crippen LogP contribution in [0.4, 0.5) is 11.6 Å². The number of aromatic nitrogens is 4. The van der Waals surface area contributed by atoms with Crippen LogP contribution in [0.3, 0.4) is 0 Å². The Morgan fingerprint density at radius 2 is 1.45 bits per heavy atom. The van der Waals surface area contributed by atoms with E-state index >= 15 is 0 Å². The molecule has 1 aliphatic carbocycles. The third kappa shape index (κ3) is 11.3. The SMILES string of the molecule is C=CCCC(=O)N(Cc1ccc(C(=O)Nc2nn[nH]n2)cc1)c1ccc(C2CCCCC2)cc1.c1ccc(CSCc2ccccc2)cc1. The third-order valence-corrected chi connectivity index (χ3v) is 9.57. The molecule has 8 nitrogen and oxygen atoms in total. The van der Waals surface area contributed by atoms with Gasteiger partial charge in [-0.1, -0.05) is 115 Å². The molecule has 5 aromatic rings. The number of carbonyl (C=O) groups is 2. The number of carbonyl (C=O) groups excluding carboxylic acids is 2. The third-order valence-electron chi connectivity index (χ3n) is 8.50. The fraction of sp³-hybridized carbons (Fsp3) is 0.275. The highest BCUT2D eigenvalue weighted by atomic mass is 32.2. The smallest absolute Gasteiger partial charge is 0.270 e. The molecule has 1 fully saturated rings. The molecular weight excluding hydrogens is 629 g/mol. The van der Waals surface area contributed by atoms with Gasteiger partial charge in [0.1, 0.15) is 0 Å². The summed E-state index contributed by atoms with van der Waals surface area (Å²) in [5.74, 6) is 2.64. The van der Waals surface area contributed by atoms with Crippen molar-refractivity contribution in [3.8, 4) is 0 Å². The minimum absolute atomic E-state index is 0.0456. The van der Waals surface area contributed by atoms with Crippen LogP contribution in [0.2, 0.25) is 0 Å². The van der Waals surface area contributed by atoms with Crippen molar-refractivity contribution in [3.05, 3.63) is 150 Å². The highest BCUT2D eigenvalue weighted by Gasteiger charge is 2.19. The molecule has 0 bridgehead atoms. The van der Waals surface area contributed by atoms with Crippen LogP contribution < -0.4 is 10.2 Å². The second kappa shape index (κ2) is 19.1. The summed E-state index contributed by atoms with van der Waals surface area (Å²) >= 11 is 1.96. The Hall–Kier alpha value is -5.02. The van der Waals surface area contributed by atoms with E-state index in [4.69, 9.17) is 0 Å². The predicted octanol–water partition coefficient (Wildman–Crippen LogP) is 9.12. The molecule has 49 heavy (non-hydrogen) atoms. The fourth-order valence-electron chi connectivity index (χ4n) is 5.81. The highest BCUT2D eigenvalue weighted by molar-refractivity contribution is 7.97. The van der Waals surface area contributed by atoms with E-state index in [1.54, 1.807) is 18.2 Å². The number of hydrogen-bond acceptors (Lipinski definition) is 6. The topological polar surface area (TPSA) is 104 Å². The monoisotopic (exact) mass is 672 g/mol. The number of aromatic amines is 1. The van der Waals surface area contributed by atoms with Crippen molar-refractivity contribution in [2.24, 2.45) is 0 Å². The maximum absolute atomic E-state index is 13.0. The summed E-state index contributed by atoms with van der Waals surface area (Å²) in [6.07, 6.45) is 9.20. The number of anilines is 2. The Labute approximate surface area is 293 Å². The lowest BCUT2D eigenvalue weighted by molar-refractivity contribution is -0.118. The summed E-state index contributed by atoms with van der Waals surface area (Å²) in [5.41, 5.74) is 6.44. The number of hydrogen-bond donors (Lipinski definition) is 2. The Balaban J connectivity index is 0.000000259. The van der Waals surface area contributed by atoms with Crippen molar-refractivity contribution in [1.29, 1.82) is 0 Å². The number of rotatable bonds is 13. The van der Waals surface area contributed by atoms with Crippen LogP contribution in [0, 0.1) is 0 Å². The van der Waals surface area contributed by atoms with Crippen molar-refractivity contribution >= 4 is 35.2 Å². The van der Waals surface area contributed by atoms with Gasteiger partial charge in [0.15, 0.2) is 0 Å². The molecule has 1 heterocycles. The largest absolute Gasteiger partial charge is 0.308 e. The van der Waals surface area contributed by atoms with E-state index < -0.39 is 0 Å². The first-order valence-corrected chi connectivity index (χ1v) is 18.0. The first-order valence-electron chi connectivity index (χ1n) is 16.9. The molecule has 0 radical (unpaired) electrons. The van der Waals surface area contributed by atoms with Gasteiger partial charge >= 0.3 is 0 Å². The van der Waals surface area contributed by atoms with Gasteiger partial charge in [0.25, 0.3) is 11.9 Å². The average Bonchev–Trinajstić information content (AvgIpc) is 3.68. The van der Waals surface area contributed by atoms with Crippen LogP contribution in [0.25, 0.3) is 0 Å². The molecule has 252 valence electrons. The Kier molecular flexibility index (Phi) is 13.8. The van der Waals surface area contributed by atoms with Crippen LogP contribution in [0.15, 0.2) is 122 Å². The maximum Gasteiger partial charge on any atom is 0.270 e. The maximum atomic E-state index is 13.0. The predicted molar refractivity (Wildman–Crippen MR) is 199 cm³/mol. The lowest BCUT2D eigenvalue weighted by Crippen LogP contribution is -2.30. The van der Waals surface area contributed by atoms with Gasteiger partial charge in [0.2, 0.25) is 5.91 Å². The summed E-state index contributed by atoms with van der Waals surface area (Å²) in [4.78, 5) is 27.2. The molecule has 1 saturated carbocycles. The summed E-state index contributed by atoms with van der Waals surface area (Å²) in [6, 6.07) is 36.8. The van der Waals surface area contributed by atoms with E-state index in [1.807, 2.05) is 28.8 Å². The van der Waals surface area contributed by atoms with E-state index in [1.165, 1.54) is 48.8 Å². The quantitative estimate of drug-likeness (QED) is 0.121. The summed E-state index contributed by atoms with van der Waals surface area (Å²) in [7, 11) is 0. The summed E-state index contributed by atoms with van der Waals surface area (Å²) in [5, 5.41) is 15.7. The second-order valence-corrected chi connectivity index (χ2v) is 13.1. The zero-order chi connectivity index (χ0) is 34.1. The number of tetrazole rings is 1. The number of benzene rings is 4. The molecular formula is C40H44N6O2S. The van der Waals surface area contributed by atoms with Crippen molar-refractivity contribution in [1.82, 2.24) is 20.6 Å². The molecule has 1 aromatic heterocycles. The van der Waals surface area contributed by atoms with Gasteiger partial charge in [-0.3, -0.25) is 14.9 Å². The molecule has 4 aromatic carbocycles. The standard InChI is InChI=1S/C26H30N6O2.C14H14S/c1-2-3-9-24(33)32(23-16-14-21(15-17-23)20-7-5-4-6-8-20)18-19-10-12-22(13-11-19)25(34)27-26-28-30-31-29-26;1-3-7-13(8-4-1)11-15-12-14-9-5-2-6-10-14/h2,10-17,20H,1,3-9,18H2,(H2,27,28,29,30,31,34);1-10H,11-12H2. The molecule has 0 spiro atoms. The van der Waals surface area contributed by atoms with E-state index in [2.05, 4.69) is 117 Å². The minimum atomic E-state index is -0.329. The second-order valence-electron chi connectivity index (χ2n) is 12.1. The van der Waals surface area contributed by atoms with Gasteiger partial charge < -0.3 is 4.90 Å². The number of nitrogens with zero attached hydrogens (tertiary/aromatic N) is 4. The van der Waals surface area contributed by atoms with Gasteiger partial charge in [0, 0.05) is 29.2 Å². The number of nitrogens with one attached hydrogen (secondary N) is 2. The molecule has 0 atom stereocenters. The zero-order valence-electron chi connectivity index (χ0n) is 27.8. The summed E-state index contributed by atoms with van der Waals surface area (Å²) < 4.78 is 0. The molecule has 0 aliphatic heterocycles. The Morgan fingerprint density at radius 1 is 0.816 bits per heavy atom. The van der Waals surface area contributed by atoms with Gasteiger partial charge in [-0.2, -0.15) is 17.0 Å². The van der Waals surface area contributed by atoms with E-state index in [0.29, 0.717) is 30.9 Å². The van der Waals surface area contributed by atoms with Crippen molar-refractivity contribution < 1.29 is 9.59 Å². The van der Waals surface area contributed by atoms with Crippen LogP contribution in [0.5, 0.6) is 0 Å². The molecule has 0 unspecified atom stereocenters. The molecule has 0 saturated heterocycles. The zero-order valence-corrected chi connectivity index (χ0v) is 28.7. The van der Waals surface area contributed by atoms with Crippen molar-refractivity contribution in [2.75, 3.05) is 10.2 Å². The number of thioether (sulfide) groups is 1. The van der Waals surface area contributed by atoms with Crippen molar-refractivity contribution in [2.45, 2.75) is 68.9 Å². The van der Waals surface area contributed by atoms with Crippen LogP contribution in [-0.4, -0.2) is 32.4 Å². The number of H-pyrrole nitrogens is 1. The van der Waals surface area contributed by atoms with E-state index in [9.17, 15) is 9.59 Å². The van der Waals surface area contributed by atoms with Gasteiger partial charge in [-0.25, -0.2) is 0 Å². The minimum Gasteiger partial charge on any atom is -0.308 e. The molecule has 2 amide bonds. The fourth-order valence-corrected chi connectivity index (χ4v) is 6.77. The lowest BCUT2D eigenvalue weighted by atomic mass is 9.84. The van der Waals surface area contributed by atoms with E-state index in [-0.39, 0.29) is 17.8 Å². The summed E-state index contributed by atoms with van der Waals surface area (Å²) in [6.45, 7) is 4.16. The Morgan fingerprint density at radius 3 is 2.02 bits per heavy atom. The van der Waals surface area contributed by atoms with E-state index in [0.717, 1.165) is 22.8 Å². The number of allylic oxidation sites excluding steroid dienone is 1. The van der Waals surface area contributed by atoms with Gasteiger partial charge in [-0.05, 0) is 76.9 Å². The highest BCUT2D eigenvalue weighted by Crippen LogP contribution is 2.33. The normalized spacial score (nSPS) is 12.7. The lowest BCUT2D eigenvalue weighted by Gasteiger charge is -2.25. The molecule has 9 heteroatoms. The van der Waals surface area contributed by atoms with Gasteiger partial charge in [0.05, 0.1) is 6.54 Å². The first-order chi connectivity index (χ1) is 24.1. The van der Waals surface area contributed by atoms with Crippen LogP contribution >= 0.6 is 11.8 Å². The van der Waals surface area contributed by atoms with Crippen LogP contribution in [0.1, 0.15) is 83.5 Å². The molecule has 2 N–H and O–H groups in total. The van der Waals surface area contributed by atoms with Crippen molar-refractivity contribution in [3.63, 3.8) is 0 Å². The molecule has 6 rings (SSSR count). The number of amides is 2. The molecule has 1 aliphatic rings.